The lowest BCUT2D eigenvalue weighted by Gasteiger charge is -2.36. The van der Waals surface area contributed by atoms with E-state index in [4.69, 9.17) is 5.11 Å². The van der Waals surface area contributed by atoms with Crippen molar-refractivity contribution >= 4 is 17.8 Å². The van der Waals surface area contributed by atoms with Gasteiger partial charge in [-0.2, -0.15) is 0 Å². The molecule has 2 aliphatic carbocycles. The molecule has 0 aromatic heterocycles. The second-order valence-corrected chi connectivity index (χ2v) is 7.96. The van der Waals surface area contributed by atoms with Crippen LogP contribution in [-0.4, -0.2) is 58.9 Å². The molecule has 0 radical (unpaired) electrons. The highest BCUT2D eigenvalue weighted by Gasteiger charge is 2.37. The minimum Gasteiger partial charge on any atom is -0.481 e. The highest BCUT2D eigenvalue weighted by molar-refractivity contribution is 5.82. The topological polar surface area (TPSA) is 77.9 Å². The van der Waals surface area contributed by atoms with E-state index in [1.54, 1.807) is 0 Å². The second-order valence-electron chi connectivity index (χ2n) is 7.96. The summed E-state index contributed by atoms with van der Waals surface area (Å²) < 4.78 is 0. The Morgan fingerprint density at radius 1 is 0.800 bits per heavy atom. The number of carbonyl (C=O) groups excluding carboxylic acids is 2. The maximum Gasteiger partial charge on any atom is 0.306 e. The highest BCUT2D eigenvalue weighted by Crippen LogP contribution is 2.32. The molecule has 2 atom stereocenters. The number of rotatable bonds is 4. The van der Waals surface area contributed by atoms with Gasteiger partial charge in [0.2, 0.25) is 11.8 Å². The molecule has 1 heterocycles. The van der Waals surface area contributed by atoms with Gasteiger partial charge in [0.15, 0.2) is 0 Å². The predicted octanol–water partition coefficient (Wildman–Crippen LogP) is 2.13. The van der Waals surface area contributed by atoms with Crippen LogP contribution in [-0.2, 0) is 14.4 Å². The summed E-state index contributed by atoms with van der Waals surface area (Å²) in [6, 6.07) is 0. The third-order valence-corrected chi connectivity index (χ3v) is 6.26. The monoisotopic (exact) mass is 350 g/mol. The van der Waals surface area contributed by atoms with Crippen LogP contribution in [0.15, 0.2) is 0 Å². The highest BCUT2D eigenvalue weighted by atomic mass is 16.4. The molecule has 6 nitrogen and oxygen atoms in total. The first kappa shape index (κ1) is 18.2. The van der Waals surface area contributed by atoms with Crippen LogP contribution in [0.2, 0.25) is 0 Å². The lowest BCUT2D eigenvalue weighted by molar-refractivity contribution is -0.143. The number of aliphatic carboxylic acids is 1. The smallest absolute Gasteiger partial charge is 0.306 e. The van der Waals surface area contributed by atoms with Gasteiger partial charge >= 0.3 is 5.97 Å². The molecule has 3 aliphatic rings. The van der Waals surface area contributed by atoms with Gasteiger partial charge in [0, 0.05) is 38.5 Å². The Bertz CT molecular complexity index is 508. The Morgan fingerprint density at radius 3 is 2.00 bits per heavy atom. The van der Waals surface area contributed by atoms with Crippen molar-refractivity contribution in [3.05, 3.63) is 0 Å². The molecule has 0 aromatic carbocycles. The summed E-state index contributed by atoms with van der Waals surface area (Å²) in [7, 11) is 0. The number of hydrogen-bond acceptors (Lipinski definition) is 3. The average Bonchev–Trinajstić information content (AvgIpc) is 3.12. The van der Waals surface area contributed by atoms with Crippen LogP contribution in [0.1, 0.15) is 57.8 Å². The normalized spacial score (nSPS) is 28.2. The van der Waals surface area contributed by atoms with Crippen molar-refractivity contribution in [2.45, 2.75) is 57.8 Å². The molecule has 140 valence electrons. The number of hydrogen-bond donors (Lipinski definition) is 1. The molecule has 2 saturated carbocycles. The summed E-state index contributed by atoms with van der Waals surface area (Å²) in [6.45, 7) is 2.41. The average molecular weight is 350 g/mol. The first-order chi connectivity index (χ1) is 12.0. The zero-order chi connectivity index (χ0) is 17.8. The van der Waals surface area contributed by atoms with Crippen molar-refractivity contribution in [1.29, 1.82) is 0 Å². The van der Waals surface area contributed by atoms with Gasteiger partial charge in [0.25, 0.3) is 0 Å². The standard InChI is InChI=1S/C19H30N2O4/c22-17(12-14-4-2-1-3-5-14)20-8-10-21(11-9-20)18(23)15-6-7-16(13-15)19(24)25/h14-16H,1-13H2,(H,24,25)/t15-,16+/m0/s1. The third-order valence-electron chi connectivity index (χ3n) is 6.26. The van der Waals surface area contributed by atoms with Crippen LogP contribution < -0.4 is 0 Å². The second kappa shape index (κ2) is 8.19. The first-order valence-corrected chi connectivity index (χ1v) is 9.84. The van der Waals surface area contributed by atoms with Crippen LogP contribution in [0.25, 0.3) is 0 Å². The number of nitrogens with zero attached hydrogens (tertiary/aromatic N) is 2. The van der Waals surface area contributed by atoms with E-state index in [0.29, 0.717) is 57.8 Å². The molecule has 0 aromatic rings. The Hall–Kier alpha value is -1.59. The van der Waals surface area contributed by atoms with Gasteiger partial charge in [-0.1, -0.05) is 19.3 Å². The van der Waals surface area contributed by atoms with Crippen molar-refractivity contribution in [2.24, 2.45) is 17.8 Å². The molecule has 3 rings (SSSR count). The molecular weight excluding hydrogens is 320 g/mol. The van der Waals surface area contributed by atoms with E-state index in [1.165, 1.54) is 32.1 Å². The molecular formula is C19H30N2O4. The van der Waals surface area contributed by atoms with Gasteiger partial charge < -0.3 is 14.9 Å². The molecule has 25 heavy (non-hydrogen) atoms. The summed E-state index contributed by atoms with van der Waals surface area (Å²) in [5.74, 6) is -0.424. The molecule has 2 amide bonds. The van der Waals surface area contributed by atoms with Crippen molar-refractivity contribution < 1.29 is 19.5 Å². The van der Waals surface area contributed by atoms with Gasteiger partial charge in [0.05, 0.1) is 5.92 Å². The molecule has 1 N–H and O–H groups in total. The number of carboxylic acid groups (broad SMARTS) is 1. The number of piperazine rings is 1. The van der Waals surface area contributed by atoms with Crippen LogP contribution in [0.5, 0.6) is 0 Å². The van der Waals surface area contributed by atoms with Gasteiger partial charge in [-0.3, -0.25) is 14.4 Å². The largest absolute Gasteiger partial charge is 0.481 e. The Morgan fingerprint density at radius 2 is 1.40 bits per heavy atom. The van der Waals surface area contributed by atoms with Crippen molar-refractivity contribution in [1.82, 2.24) is 9.80 Å². The third kappa shape index (κ3) is 4.53. The number of carbonyl (C=O) groups is 3. The summed E-state index contributed by atoms with van der Waals surface area (Å²) in [5.41, 5.74) is 0. The van der Waals surface area contributed by atoms with E-state index in [9.17, 15) is 14.4 Å². The summed E-state index contributed by atoms with van der Waals surface area (Å²) >= 11 is 0. The number of carboxylic acids is 1. The van der Waals surface area contributed by atoms with Crippen LogP contribution in [0.4, 0.5) is 0 Å². The maximum absolute atomic E-state index is 12.6. The minimum atomic E-state index is -0.784. The Balaban J connectivity index is 1.43. The molecule has 0 spiro atoms. The van der Waals surface area contributed by atoms with E-state index in [0.717, 1.165) is 0 Å². The maximum atomic E-state index is 12.6. The van der Waals surface area contributed by atoms with Gasteiger partial charge in [0.1, 0.15) is 0 Å². The van der Waals surface area contributed by atoms with E-state index in [-0.39, 0.29) is 23.7 Å². The van der Waals surface area contributed by atoms with E-state index in [1.807, 2.05) is 9.80 Å². The number of amides is 2. The molecule has 6 heteroatoms. The van der Waals surface area contributed by atoms with Crippen molar-refractivity contribution in [3.63, 3.8) is 0 Å². The van der Waals surface area contributed by atoms with Gasteiger partial charge in [-0.25, -0.2) is 0 Å². The minimum absolute atomic E-state index is 0.0862. The molecule has 1 aliphatic heterocycles. The van der Waals surface area contributed by atoms with Crippen molar-refractivity contribution in [2.75, 3.05) is 26.2 Å². The predicted molar refractivity (Wildman–Crippen MR) is 92.8 cm³/mol. The fourth-order valence-electron chi connectivity index (χ4n) is 4.63. The van der Waals surface area contributed by atoms with Crippen molar-refractivity contribution in [3.8, 4) is 0 Å². The Labute approximate surface area is 149 Å². The first-order valence-electron chi connectivity index (χ1n) is 9.84. The molecule has 0 unspecified atom stereocenters. The van der Waals surface area contributed by atoms with Crippen LogP contribution in [0, 0.1) is 17.8 Å². The zero-order valence-electron chi connectivity index (χ0n) is 15.0. The Kier molecular flexibility index (Phi) is 5.97. The zero-order valence-corrected chi connectivity index (χ0v) is 15.0. The van der Waals surface area contributed by atoms with E-state index >= 15 is 0 Å². The molecule has 1 saturated heterocycles. The fraction of sp³-hybridized carbons (Fsp3) is 0.842. The van der Waals surface area contributed by atoms with Crippen LogP contribution >= 0.6 is 0 Å². The summed E-state index contributed by atoms with van der Waals surface area (Å²) in [6.07, 6.45) is 8.56. The molecule has 0 bridgehead atoms. The lowest BCUT2D eigenvalue weighted by atomic mass is 9.86. The van der Waals surface area contributed by atoms with E-state index in [2.05, 4.69) is 0 Å². The SMILES string of the molecule is O=C(O)[C@@H]1CC[C@H](C(=O)N2CCN(C(=O)CC3CCCCC3)CC2)C1. The van der Waals surface area contributed by atoms with Crippen LogP contribution in [0.3, 0.4) is 0 Å². The lowest BCUT2D eigenvalue weighted by Crippen LogP contribution is -2.52. The van der Waals surface area contributed by atoms with Gasteiger partial charge in [-0.15, -0.1) is 0 Å². The quantitative estimate of drug-likeness (QED) is 0.842. The molecule has 3 fully saturated rings. The van der Waals surface area contributed by atoms with Gasteiger partial charge in [-0.05, 0) is 38.0 Å². The summed E-state index contributed by atoms with van der Waals surface area (Å²) in [4.78, 5) is 39.9. The van der Waals surface area contributed by atoms with E-state index < -0.39 is 5.97 Å². The fourth-order valence-corrected chi connectivity index (χ4v) is 4.63. The summed E-state index contributed by atoms with van der Waals surface area (Å²) in [5, 5.41) is 9.08.